The van der Waals surface area contributed by atoms with E-state index in [0.717, 1.165) is 0 Å². The van der Waals surface area contributed by atoms with Gasteiger partial charge in [-0.15, -0.1) is 0 Å². The van der Waals surface area contributed by atoms with Crippen molar-refractivity contribution in [3.8, 4) is 0 Å². The highest BCUT2D eigenvalue weighted by molar-refractivity contribution is 7.88. The van der Waals surface area contributed by atoms with E-state index in [1.807, 2.05) is 0 Å². The number of amides is 1. The van der Waals surface area contributed by atoms with E-state index in [1.165, 1.54) is 0 Å². The molecule has 0 spiro atoms. The van der Waals surface area contributed by atoms with Crippen LogP contribution in [0, 0.1) is 0 Å². The Morgan fingerprint density at radius 3 is 2.44 bits per heavy atom. The molecule has 0 atom stereocenters. The summed E-state index contributed by atoms with van der Waals surface area (Å²) in [4.78, 5) is 9.57. The molecule has 54 valence electrons. The normalized spacial score (nSPS) is 10.8. The lowest BCUT2D eigenvalue weighted by atomic mass is 10.8. The quantitative estimate of drug-likeness (QED) is 0.486. The van der Waals surface area contributed by atoms with Gasteiger partial charge in [-0.3, -0.25) is 4.79 Å². The Hall–Kier alpha value is -0.620. The van der Waals surface area contributed by atoms with E-state index in [0.29, 0.717) is 0 Å². The smallest absolute Gasteiger partial charge is 0.278 e. The van der Waals surface area contributed by atoms with Crippen LogP contribution in [0.4, 0.5) is 0 Å². The standard InChI is InChI=1S/C3H8N2O3S/c1-2-4-9(7,8)5-3-6/h3-4H,2H2,1H3,(H,5,6). The average Bonchev–Trinajstić information content (AvgIpc) is 1.64. The van der Waals surface area contributed by atoms with Gasteiger partial charge in [-0.25, -0.2) is 4.72 Å². The van der Waals surface area contributed by atoms with E-state index >= 15 is 0 Å². The number of nitrogens with one attached hydrogen (secondary N) is 2. The summed E-state index contributed by atoms with van der Waals surface area (Å²) in [5.41, 5.74) is 0. The van der Waals surface area contributed by atoms with Crippen LogP contribution in [0.15, 0.2) is 0 Å². The van der Waals surface area contributed by atoms with Crippen LogP contribution >= 0.6 is 0 Å². The van der Waals surface area contributed by atoms with Crippen molar-refractivity contribution < 1.29 is 13.2 Å². The summed E-state index contributed by atoms with van der Waals surface area (Å²) >= 11 is 0. The van der Waals surface area contributed by atoms with Crippen LogP contribution in [0.5, 0.6) is 0 Å². The molecule has 9 heavy (non-hydrogen) atoms. The SMILES string of the molecule is CCNS(=O)(=O)NC=O. The van der Waals surface area contributed by atoms with Crippen molar-refractivity contribution in [2.75, 3.05) is 6.54 Å². The Morgan fingerprint density at radius 1 is 1.56 bits per heavy atom. The molecule has 0 aliphatic heterocycles. The van der Waals surface area contributed by atoms with E-state index in [4.69, 9.17) is 0 Å². The summed E-state index contributed by atoms with van der Waals surface area (Å²) in [6.45, 7) is 1.88. The predicted octanol–water partition coefficient (Wildman–Crippen LogP) is -1.41. The summed E-state index contributed by atoms with van der Waals surface area (Å²) in [6.07, 6.45) is 0.109. The average molecular weight is 152 g/mol. The molecule has 0 aliphatic rings. The minimum absolute atomic E-state index is 0.109. The highest BCUT2D eigenvalue weighted by Crippen LogP contribution is 1.69. The van der Waals surface area contributed by atoms with Gasteiger partial charge in [-0.2, -0.15) is 13.1 Å². The molecule has 0 saturated carbocycles. The summed E-state index contributed by atoms with van der Waals surface area (Å²) in [5, 5.41) is 0. The topological polar surface area (TPSA) is 75.3 Å². The third-order valence-electron chi connectivity index (χ3n) is 0.538. The monoisotopic (exact) mass is 152 g/mol. The fourth-order valence-electron chi connectivity index (χ4n) is 0.295. The molecule has 2 N–H and O–H groups in total. The second-order valence-electron chi connectivity index (χ2n) is 1.24. The summed E-state index contributed by atoms with van der Waals surface area (Å²) in [7, 11) is -3.55. The van der Waals surface area contributed by atoms with Crippen molar-refractivity contribution in [2.24, 2.45) is 0 Å². The van der Waals surface area contributed by atoms with Crippen LogP contribution in [0.25, 0.3) is 0 Å². The van der Waals surface area contributed by atoms with Crippen molar-refractivity contribution in [3.05, 3.63) is 0 Å². The minimum atomic E-state index is -3.55. The third-order valence-corrected chi connectivity index (χ3v) is 1.61. The van der Waals surface area contributed by atoms with Crippen molar-refractivity contribution >= 4 is 16.6 Å². The van der Waals surface area contributed by atoms with Crippen LogP contribution in [0.1, 0.15) is 6.92 Å². The number of carbonyl (C=O) groups is 1. The molecular formula is C3H8N2O3S. The summed E-state index contributed by atoms with van der Waals surface area (Å²) in [6, 6.07) is 0. The first-order valence-electron chi connectivity index (χ1n) is 2.33. The molecule has 1 amide bonds. The molecule has 0 aromatic heterocycles. The molecule has 0 fully saturated rings. The van der Waals surface area contributed by atoms with E-state index < -0.39 is 10.2 Å². The Kier molecular flexibility index (Phi) is 3.18. The number of hydrogen-bond donors (Lipinski definition) is 2. The zero-order valence-electron chi connectivity index (χ0n) is 4.92. The van der Waals surface area contributed by atoms with Gasteiger partial charge in [0.1, 0.15) is 0 Å². The van der Waals surface area contributed by atoms with Gasteiger partial charge >= 0.3 is 10.2 Å². The molecular weight excluding hydrogens is 144 g/mol. The van der Waals surface area contributed by atoms with E-state index in [1.54, 1.807) is 11.6 Å². The Morgan fingerprint density at radius 2 is 2.11 bits per heavy atom. The molecule has 5 nitrogen and oxygen atoms in total. The largest absolute Gasteiger partial charge is 0.301 e. The van der Waals surface area contributed by atoms with Gasteiger partial charge in [0, 0.05) is 6.54 Å². The first-order chi connectivity index (χ1) is 4.12. The predicted molar refractivity (Wildman–Crippen MR) is 31.8 cm³/mol. The third kappa shape index (κ3) is 3.92. The van der Waals surface area contributed by atoms with Crippen LogP contribution in [-0.4, -0.2) is 21.4 Å². The lowest BCUT2D eigenvalue weighted by Crippen LogP contribution is -2.35. The van der Waals surface area contributed by atoms with Crippen molar-refractivity contribution in [1.29, 1.82) is 0 Å². The molecule has 0 heterocycles. The maximum absolute atomic E-state index is 10.4. The van der Waals surface area contributed by atoms with Crippen LogP contribution < -0.4 is 9.44 Å². The van der Waals surface area contributed by atoms with Gasteiger partial charge in [0.05, 0.1) is 0 Å². The van der Waals surface area contributed by atoms with E-state index in [9.17, 15) is 13.2 Å². The van der Waals surface area contributed by atoms with Crippen molar-refractivity contribution in [3.63, 3.8) is 0 Å². The van der Waals surface area contributed by atoms with Gasteiger partial charge in [-0.05, 0) is 0 Å². The Labute approximate surface area is 53.6 Å². The second-order valence-corrected chi connectivity index (χ2v) is 2.77. The zero-order chi connectivity index (χ0) is 7.33. The summed E-state index contributed by atoms with van der Waals surface area (Å²) in [5.74, 6) is 0. The molecule has 0 bridgehead atoms. The molecule has 0 aliphatic carbocycles. The minimum Gasteiger partial charge on any atom is -0.278 e. The van der Waals surface area contributed by atoms with E-state index in [2.05, 4.69) is 4.72 Å². The van der Waals surface area contributed by atoms with Gasteiger partial charge in [-0.1, -0.05) is 6.92 Å². The van der Waals surface area contributed by atoms with Gasteiger partial charge in [0.2, 0.25) is 6.41 Å². The Bertz CT molecular complexity index is 173. The highest BCUT2D eigenvalue weighted by Gasteiger charge is 2.02. The lowest BCUT2D eigenvalue weighted by molar-refractivity contribution is -0.108. The van der Waals surface area contributed by atoms with Gasteiger partial charge < -0.3 is 0 Å². The van der Waals surface area contributed by atoms with Crippen molar-refractivity contribution in [2.45, 2.75) is 6.92 Å². The maximum Gasteiger partial charge on any atom is 0.301 e. The molecule has 6 heteroatoms. The fourth-order valence-corrected chi connectivity index (χ4v) is 0.885. The Balaban J connectivity index is 3.88. The maximum atomic E-state index is 10.4. The fraction of sp³-hybridized carbons (Fsp3) is 0.667. The zero-order valence-corrected chi connectivity index (χ0v) is 5.73. The first kappa shape index (κ1) is 8.38. The van der Waals surface area contributed by atoms with Crippen molar-refractivity contribution in [1.82, 2.24) is 9.44 Å². The van der Waals surface area contributed by atoms with Gasteiger partial charge in [0.15, 0.2) is 0 Å². The molecule has 0 saturated heterocycles. The first-order valence-corrected chi connectivity index (χ1v) is 3.81. The number of hydrogen-bond acceptors (Lipinski definition) is 3. The summed E-state index contributed by atoms with van der Waals surface area (Å²) < 4.78 is 24.4. The highest BCUT2D eigenvalue weighted by atomic mass is 32.2. The van der Waals surface area contributed by atoms with Crippen LogP contribution in [0.2, 0.25) is 0 Å². The molecule has 0 unspecified atom stereocenters. The lowest BCUT2D eigenvalue weighted by Gasteiger charge is -1.98. The molecule has 0 aromatic carbocycles. The number of carbonyl (C=O) groups excluding carboxylic acids is 1. The van der Waals surface area contributed by atoms with E-state index in [-0.39, 0.29) is 13.0 Å². The van der Waals surface area contributed by atoms with Gasteiger partial charge in [0.25, 0.3) is 0 Å². The molecule has 0 rings (SSSR count). The van der Waals surface area contributed by atoms with Crippen LogP contribution in [0.3, 0.4) is 0 Å². The number of rotatable bonds is 4. The second kappa shape index (κ2) is 3.41. The van der Waals surface area contributed by atoms with Crippen LogP contribution in [-0.2, 0) is 15.0 Å². The molecule has 0 aromatic rings. The molecule has 0 radical (unpaired) electrons.